The average molecular weight is 295 g/mol. The van der Waals surface area contributed by atoms with Crippen LogP contribution < -0.4 is 4.72 Å². The molecule has 0 heterocycles. The van der Waals surface area contributed by atoms with Crippen LogP contribution in [0.5, 0.6) is 0 Å². The first-order valence-electron chi connectivity index (χ1n) is 4.98. The summed E-state index contributed by atoms with van der Waals surface area (Å²) in [5.74, 6) is -3.14. The quantitative estimate of drug-likeness (QED) is 0.732. The Bertz CT molecular complexity index is 575. The molecule has 1 aromatic rings. The minimum atomic E-state index is -4.38. The topological polar surface area (TPSA) is 92.7 Å². The number of aliphatic hydroxyl groups excluding tert-OH is 1. The molecule has 0 aliphatic heterocycles. The Kier molecular flexibility index (Phi) is 4.92. The Balaban J connectivity index is 2.87. The van der Waals surface area contributed by atoms with E-state index in [9.17, 15) is 27.1 Å². The number of aliphatic hydroxyl groups is 1. The van der Waals surface area contributed by atoms with Gasteiger partial charge < -0.3 is 9.84 Å². The van der Waals surface area contributed by atoms with Gasteiger partial charge in [-0.15, -0.1) is 0 Å². The Hall–Kier alpha value is -1.58. The molecule has 0 radical (unpaired) electrons. The Morgan fingerprint density at radius 3 is 2.68 bits per heavy atom. The summed E-state index contributed by atoms with van der Waals surface area (Å²) in [6.45, 7) is -0.717. The number of halogens is 2. The third kappa shape index (κ3) is 3.94. The molecule has 2 N–H and O–H groups in total. The van der Waals surface area contributed by atoms with Crippen LogP contribution >= 0.6 is 0 Å². The third-order valence-corrected chi connectivity index (χ3v) is 3.56. The van der Waals surface area contributed by atoms with Crippen molar-refractivity contribution >= 4 is 16.0 Å². The van der Waals surface area contributed by atoms with Crippen LogP contribution in [0.4, 0.5) is 8.78 Å². The number of benzene rings is 1. The van der Waals surface area contributed by atoms with Gasteiger partial charge in [0.05, 0.1) is 7.11 Å². The van der Waals surface area contributed by atoms with Gasteiger partial charge in [0, 0.05) is 6.54 Å². The highest BCUT2D eigenvalue weighted by Gasteiger charge is 2.23. The number of esters is 1. The largest absolute Gasteiger partial charge is 0.467 e. The average Bonchev–Trinajstić information content (AvgIpc) is 2.37. The second-order valence-electron chi connectivity index (χ2n) is 3.47. The number of rotatable bonds is 5. The van der Waals surface area contributed by atoms with Crippen LogP contribution in [-0.2, 0) is 19.6 Å². The summed E-state index contributed by atoms with van der Waals surface area (Å²) in [6.07, 6.45) is -1.74. The number of hydrogen-bond donors (Lipinski definition) is 2. The molecule has 1 unspecified atom stereocenters. The van der Waals surface area contributed by atoms with Crippen molar-refractivity contribution < 1.29 is 31.8 Å². The van der Waals surface area contributed by atoms with Crippen LogP contribution in [0.25, 0.3) is 0 Å². The molecule has 19 heavy (non-hydrogen) atoms. The van der Waals surface area contributed by atoms with E-state index in [2.05, 4.69) is 4.74 Å². The molecule has 0 aliphatic carbocycles. The van der Waals surface area contributed by atoms with E-state index >= 15 is 0 Å². The predicted octanol–water partition coefficient (Wildman–Crippen LogP) is -0.223. The monoisotopic (exact) mass is 295 g/mol. The Morgan fingerprint density at radius 2 is 2.11 bits per heavy atom. The molecule has 0 aromatic heterocycles. The molecule has 0 bridgehead atoms. The second-order valence-corrected chi connectivity index (χ2v) is 5.20. The first-order valence-corrected chi connectivity index (χ1v) is 6.47. The van der Waals surface area contributed by atoms with Crippen LogP contribution in [0, 0.1) is 11.6 Å². The highest BCUT2D eigenvalue weighted by molar-refractivity contribution is 7.89. The maximum Gasteiger partial charge on any atom is 0.336 e. The lowest BCUT2D eigenvalue weighted by Gasteiger charge is -2.11. The van der Waals surface area contributed by atoms with E-state index in [4.69, 9.17) is 0 Å². The van der Waals surface area contributed by atoms with E-state index in [-0.39, 0.29) is 0 Å². The predicted molar refractivity (Wildman–Crippen MR) is 59.6 cm³/mol. The highest BCUT2D eigenvalue weighted by Crippen LogP contribution is 2.15. The van der Waals surface area contributed by atoms with Gasteiger partial charge in [-0.25, -0.2) is 26.7 Å². The van der Waals surface area contributed by atoms with E-state index in [1.165, 1.54) is 0 Å². The van der Waals surface area contributed by atoms with Crippen LogP contribution in [0.2, 0.25) is 0 Å². The lowest BCUT2D eigenvalue weighted by atomic mass is 10.3. The van der Waals surface area contributed by atoms with Crippen LogP contribution in [0.15, 0.2) is 23.1 Å². The van der Waals surface area contributed by atoms with Crippen molar-refractivity contribution in [3.63, 3.8) is 0 Å². The number of hydrogen-bond acceptors (Lipinski definition) is 5. The normalized spacial score (nSPS) is 13.1. The van der Waals surface area contributed by atoms with Crippen molar-refractivity contribution in [2.45, 2.75) is 11.0 Å². The molecule has 0 fully saturated rings. The van der Waals surface area contributed by atoms with Crippen molar-refractivity contribution in [3.8, 4) is 0 Å². The van der Waals surface area contributed by atoms with Crippen molar-refractivity contribution in [2.24, 2.45) is 0 Å². The number of ether oxygens (including phenoxy) is 1. The SMILES string of the molecule is COC(=O)C(O)CNS(=O)(=O)c1cc(F)ccc1F. The van der Waals surface area contributed by atoms with Crippen molar-refractivity contribution in [1.29, 1.82) is 0 Å². The molecule has 0 saturated carbocycles. The van der Waals surface area contributed by atoms with Crippen LogP contribution in [0.1, 0.15) is 0 Å². The maximum atomic E-state index is 13.3. The minimum absolute atomic E-state index is 0.488. The summed E-state index contributed by atoms with van der Waals surface area (Å²) in [4.78, 5) is 9.93. The van der Waals surface area contributed by atoms with Gasteiger partial charge in [0.2, 0.25) is 10.0 Å². The minimum Gasteiger partial charge on any atom is -0.467 e. The molecule has 0 spiro atoms. The van der Waals surface area contributed by atoms with E-state index in [1.54, 1.807) is 4.72 Å². The molecule has 6 nitrogen and oxygen atoms in total. The van der Waals surface area contributed by atoms with Gasteiger partial charge >= 0.3 is 5.97 Å². The molecule has 9 heteroatoms. The Labute approximate surface area is 108 Å². The smallest absolute Gasteiger partial charge is 0.336 e. The Morgan fingerprint density at radius 1 is 1.47 bits per heavy atom. The molecular formula is C10H11F2NO5S. The van der Waals surface area contributed by atoms with Gasteiger partial charge in [0.25, 0.3) is 0 Å². The van der Waals surface area contributed by atoms with Gasteiger partial charge in [0.1, 0.15) is 16.5 Å². The van der Waals surface area contributed by atoms with E-state index < -0.39 is 45.2 Å². The number of methoxy groups -OCH3 is 1. The van der Waals surface area contributed by atoms with E-state index in [0.717, 1.165) is 13.2 Å². The standard InChI is InChI=1S/C10H11F2NO5S/c1-18-10(15)8(14)5-13-19(16,17)9-4-6(11)2-3-7(9)12/h2-4,8,13-14H,5H2,1H3. The molecule has 0 aliphatic rings. The van der Waals surface area contributed by atoms with Gasteiger partial charge in [-0.1, -0.05) is 0 Å². The highest BCUT2D eigenvalue weighted by atomic mass is 32.2. The number of nitrogens with one attached hydrogen (secondary N) is 1. The fourth-order valence-corrected chi connectivity index (χ4v) is 2.29. The van der Waals surface area contributed by atoms with Gasteiger partial charge in [-0.3, -0.25) is 0 Å². The fourth-order valence-electron chi connectivity index (χ4n) is 1.17. The molecule has 0 amide bonds. The molecular weight excluding hydrogens is 284 g/mol. The zero-order valence-corrected chi connectivity index (χ0v) is 10.6. The first-order chi connectivity index (χ1) is 8.77. The molecule has 1 rings (SSSR count). The summed E-state index contributed by atoms with van der Waals surface area (Å²) >= 11 is 0. The zero-order valence-electron chi connectivity index (χ0n) is 9.76. The second kappa shape index (κ2) is 6.04. The lowest BCUT2D eigenvalue weighted by molar-refractivity contribution is -0.149. The number of carbonyl (C=O) groups is 1. The maximum absolute atomic E-state index is 13.3. The summed E-state index contributed by atoms with van der Waals surface area (Å²) < 4.78 is 55.4. The van der Waals surface area contributed by atoms with E-state index in [0.29, 0.717) is 12.1 Å². The third-order valence-electron chi connectivity index (χ3n) is 2.12. The number of carbonyl (C=O) groups excluding carboxylic acids is 1. The van der Waals surface area contributed by atoms with Gasteiger partial charge in [0.15, 0.2) is 6.10 Å². The van der Waals surface area contributed by atoms with Crippen molar-refractivity contribution in [2.75, 3.05) is 13.7 Å². The van der Waals surface area contributed by atoms with Gasteiger partial charge in [-0.05, 0) is 18.2 Å². The summed E-state index contributed by atoms with van der Waals surface area (Å²) in [6, 6.07) is 1.90. The van der Waals surface area contributed by atoms with Gasteiger partial charge in [-0.2, -0.15) is 0 Å². The van der Waals surface area contributed by atoms with E-state index in [1.807, 2.05) is 0 Å². The molecule has 106 valence electrons. The van der Waals surface area contributed by atoms with Crippen LogP contribution in [0.3, 0.4) is 0 Å². The van der Waals surface area contributed by atoms with Crippen molar-refractivity contribution in [3.05, 3.63) is 29.8 Å². The fraction of sp³-hybridized carbons (Fsp3) is 0.300. The summed E-state index contributed by atoms with van der Waals surface area (Å²) in [5.41, 5.74) is 0. The first kappa shape index (κ1) is 15.5. The van der Waals surface area contributed by atoms with Crippen LogP contribution in [-0.4, -0.2) is 39.3 Å². The molecule has 0 saturated heterocycles. The summed E-state index contributed by atoms with van der Waals surface area (Å²) in [7, 11) is -3.38. The zero-order chi connectivity index (χ0) is 14.6. The molecule has 1 aromatic carbocycles. The molecule has 1 atom stereocenters. The lowest BCUT2D eigenvalue weighted by Crippen LogP contribution is -2.37. The van der Waals surface area contributed by atoms with Crippen molar-refractivity contribution in [1.82, 2.24) is 4.72 Å². The number of sulfonamides is 1. The summed E-state index contributed by atoms with van der Waals surface area (Å²) in [5, 5.41) is 9.18.